The van der Waals surface area contributed by atoms with Crippen LogP contribution in [0.3, 0.4) is 0 Å². The number of anilines is 2. The van der Waals surface area contributed by atoms with E-state index in [4.69, 9.17) is 5.84 Å². The Hall–Kier alpha value is -1.89. The lowest BCUT2D eigenvalue weighted by molar-refractivity contribution is -0.384. The van der Waals surface area contributed by atoms with Crippen LogP contribution >= 0.6 is 0 Å². The molecule has 1 rings (SSSR count). The summed E-state index contributed by atoms with van der Waals surface area (Å²) >= 11 is 0. The topological polar surface area (TPSA) is 97.3 Å². The molecule has 0 amide bonds. The maximum absolute atomic E-state index is 11.0. The zero-order chi connectivity index (χ0) is 13.7. The quantitative estimate of drug-likeness (QED) is 0.456. The molecule has 100 valence electrons. The van der Waals surface area contributed by atoms with Gasteiger partial charge in [-0.15, -0.1) is 0 Å². The fraction of sp³-hybridized carbons (Fsp3) is 0.545. The SMILES string of the molecule is CCCC(C)N(C)c1nc(NN)ccc1[N+](=O)[O-]. The summed E-state index contributed by atoms with van der Waals surface area (Å²) in [7, 11) is 1.80. The number of nitrogens with two attached hydrogens (primary N) is 1. The van der Waals surface area contributed by atoms with Gasteiger partial charge in [-0.25, -0.2) is 10.8 Å². The van der Waals surface area contributed by atoms with Crippen LogP contribution in [-0.4, -0.2) is 23.0 Å². The van der Waals surface area contributed by atoms with Crippen LogP contribution in [0.2, 0.25) is 0 Å². The number of hydrogen-bond donors (Lipinski definition) is 2. The lowest BCUT2D eigenvalue weighted by Crippen LogP contribution is -2.30. The predicted octanol–water partition coefficient (Wildman–Crippen LogP) is 1.90. The number of aromatic nitrogens is 1. The minimum Gasteiger partial charge on any atom is -0.351 e. The normalized spacial score (nSPS) is 12.0. The third-order valence-electron chi connectivity index (χ3n) is 2.90. The molecule has 0 radical (unpaired) electrons. The summed E-state index contributed by atoms with van der Waals surface area (Å²) in [6.07, 6.45) is 1.95. The van der Waals surface area contributed by atoms with Crippen LogP contribution in [0.5, 0.6) is 0 Å². The number of pyridine rings is 1. The Bertz CT molecular complexity index is 424. The Labute approximate surface area is 106 Å². The van der Waals surface area contributed by atoms with Crippen LogP contribution in [-0.2, 0) is 0 Å². The molecule has 0 spiro atoms. The molecule has 0 bridgehead atoms. The lowest BCUT2D eigenvalue weighted by Gasteiger charge is -2.25. The van der Waals surface area contributed by atoms with Crippen LogP contribution in [0.1, 0.15) is 26.7 Å². The van der Waals surface area contributed by atoms with Gasteiger partial charge in [0.15, 0.2) is 0 Å². The van der Waals surface area contributed by atoms with Gasteiger partial charge in [-0.1, -0.05) is 13.3 Å². The van der Waals surface area contributed by atoms with Crippen LogP contribution in [0.15, 0.2) is 12.1 Å². The van der Waals surface area contributed by atoms with Crippen molar-refractivity contribution in [1.29, 1.82) is 0 Å². The van der Waals surface area contributed by atoms with Crippen molar-refractivity contribution in [3.05, 3.63) is 22.2 Å². The van der Waals surface area contributed by atoms with E-state index in [1.165, 1.54) is 12.1 Å². The molecule has 0 aliphatic rings. The number of nitro groups is 1. The summed E-state index contributed by atoms with van der Waals surface area (Å²) in [4.78, 5) is 16.5. The summed E-state index contributed by atoms with van der Waals surface area (Å²) in [5.41, 5.74) is 2.38. The Morgan fingerprint density at radius 2 is 2.28 bits per heavy atom. The van der Waals surface area contributed by atoms with Gasteiger partial charge in [0, 0.05) is 19.2 Å². The third-order valence-corrected chi connectivity index (χ3v) is 2.90. The second-order valence-electron chi connectivity index (χ2n) is 4.19. The molecule has 0 aromatic carbocycles. The van der Waals surface area contributed by atoms with Crippen LogP contribution in [0.4, 0.5) is 17.3 Å². The molecule has 7 heteroatoms. The van der Waals surface area contributed by atoms with E-state index in [9.17, 15) is 10.1 Å². The molecule has 18 heavy (non-hydrogen) atoms. The van der Waals surface area contributed by atoms with Crippen molar-refractivity contribution < 1.29 is 4.92 Å². The second-order valence-corrected chi connectivity index (χ2v) is 4.19. The zero-order valence-corrected chi connectivity index (χ0v) is 10.9. The monoisotopic (exact) mass is 253 g/mol. The summed E-state index contributed by atoms with van der Waals surface area (Å²) in [5, 5.41) is 11.0. The first kappa shape index (κ1) is 14.2. The summed E-state index contributed by atoms with van der Waals surface area (Å²) in [5.74, 6) is 6.02. The Balaban J connectivity index is 3.14. The van der Waals surface area contributed by atoms with E-state index in [0.29, 0.717) is 11.6 Å². The molecule has 0 saturated heterocycles. The second kappa shape index (κ2) is 6.15. The highest BCUT2D eigenvalue weighted by Gasteiger charge is 2.22. The number of hydrogen-bond acceptors (Lipinski definition) is 6. The Kier molecular flexibility index (Phi) is 4.85. The number of nitrogens with one attached hydrogen (secondary N) is 1. The number of nitrogen functional groups attached to an aromatic ring is 1. The summed E-state index contributed by atoms with van der Waals surface area (Å²) < 4.78 is 0. The third kappa shape index (κ3) is 3.07. The van der Waals surface area contributed by atoms with Crippen LogP contribution in [0, 0.1) is 10.1 Å². The molecule has 0 fully saturated rings. The van der Waals surface area contributed by atoms with E-state index in [1.807, 2.05) is 11.8 Å². The van der Waals surface area contributed by atoms with Gasteiger partial charge in [-0.3, -0.25) is 10.1 Å². The van der Waals surface area contributed by atoms with Crippen LogP contribution in [0.25, 0.3) is 0 Å². The molecule has 1 heterocycles. The summed E-state index contributed by atoms with van der Waals surface area (Å²) in [6.45, 7) is 4.08. The molecular formula is C11H19N5O2. The van der Waals surface area contributed by atoms with Gasteiger partial charge in [0.1, 0.15) is 5.82 Å². The van der Waals surface area contributed by atoms with Gasteiger partial charge in [-0.05, 0) is 19.4 Å². The predicted molar refractivity (Wildman–Crippen MR) is 71.5 cm³/mol. The average molecular weight is 253 g/mol. The van der Waals surface area contributed by atoms with Gasteiger partial charge < -0.3 is 10.3 Å². The van der Waals surface area contributed by atoms with Crippen molar-refractivity contribution in [3.8, 4) is 0 Å². The molecule has 7 nitrogen and oxygen atoms in total. The highest BCUT2D eigenvalue weighted by Crippen LogP contribution is 2.28. The Morgan fingerprint density at radius 1 is 1.61 bits per heavy atom. The first-order valence-electron chi connectivity index (χ1n) is 5.86. The highest BCUT2D eigenvalue weighted by molar-refractivity contribution is 5.61. The smallest absolute Gasteiger partial charge is 0.311 e. The van der Waals surface area contributed by atoms with Crippen molar-refractivity contribution >= 4 is 17.3 Å². The van der Waals surface area contributed by atoms with E-state index in [1.54, 1.807) is 7.05 Å². The van der Waals surface area contributed by atoms with E-state index >= 15 is 0 Å². The average Bonchev–Trinajstić information content (AvgIpc) is 2.37. The molecule has 3 N–H and O–H groups in total. The molecule has 1 atom stereocenters. The fourth-order valence-corrected chi connectivity index (χ4v) is 1.74. The molecule has 0 aliphatic carbocycles. The van der Waals surface area contributed by atoms with Crippen molar-refractivity contribution in [1.82, 2.24) is 4.98 Å². The minimum atomic E-state index is -0.433. The minimum absolute atomic E-state index is 0.0144. The maximum Gasteiger partial charge on any atom is 0.311 e. The van der Waals surface area contributed by atoms with Crippen molar-refractivity contribution in [2.75, 3.05) is 17.4 Å². The highest BCUT2D eigenvalue weighted by atomic mass is 16.6. The first-order valence-corrected chi connectivity index (χ1v) is 5.86. The standard InChI is InChI=1S/C11H19N5O2/c1-4-5-8(2)15(3)11-9(16(17)18)6-7-10(13-11)14-12/h6-8H,4-5,12H2,1-3H3,(H,13,14). The molecule has 1 aromatic rings. The van der Waals surface area contributed by atoms with Gasteiger partial charge in [0.25, 0.3) is 0 Å². The largest absolute Gasteiger partial charge is 0.351 e. The number of rotatable bonds is 6. The molecular weight excluding hydrogens is 234 g/mol. The van der Waals surface area contributed by atoms with E-state index in [2.05, 4.69) is 17.3 Å². The first-order chi connectivity index (χ1) is 8.51. The number of nitrogens with zero attached hydrogens (tertiary/aromatic N) is 3. The van der Waals surface area contributed by atoms with Gasteiger partial charge in [-0.2, -0.15) is 0 Å². The molecule has 1 aromatic heterocycles. The van der Waals surface area contributed by atoms with Gasteiger partial charge in [0.05, 0.1) is 4.92 Å². The van der Waals surface area contributed by atoms with E-state index < -0.39 is 4.92 Å². The molecule has 1 unspecified atom stereocenters. The summed E-state index contributed by atoms with van der Waals surface area (Å²) in [6, 6.07) is 3.07. The van der Waals surface area contributed by atoms with Crippen molar-refractivity contribution in [3.63, 3.8) is 0 Å². The van der Waals surface area contributed by atoms with Crippen molar-refractivity contribution in [2.45, 2.75) is 32.7 Å². The lowest BCUT2D eigenvalue weighted by atomic mass is 10.1. The molecule has 0 saturated carbocycles. The van der Waals surface area contributed by atoms with Gasteiger partial charge in [0.2, 0.25) is 5.82 Å². The van der Waals surface area contributed by atoms with E-state index in [-0.39, 0.29) is 11.7 Å². The van der Waals surface area contributed by atoms with E-state index in [0.717, 1.165) is 12.8 Å². The van der Waals surface area contributed by atoms with Crippen LogP contribution < -0.4 is 16.2 Å². The number of hydrazine groups is 1. The fourth-order valence-electron chi connectivity index (χ4n) is 1.74. The molecule has 0 aliphatic heterocycles. The zero-order valence-electron chi connectivity index (χ0n) is 10.9. The van der Waals surface area contributed by atoms with Gasteiger partial charge >= 0.3 is 5.69 Å². The maximum atomic E-state index is 11.0. The Morgan fingerprint density at radius 3 is 2.78 bits per heavy atom. The van der Waals surface area contributed by atoms with Crippen molar-refractivity contribution in [2.24, 2.45) is 5.84 Å².